The number of aliphatic imine (C=N–C) groups is 1. The molecule has 0 atom stereocenters. The van der Waals surface area contributed by atoms with Gasteiger partial charge < -0.3 is 4.57 Å². The van der Waals surface area contributed by atoms with Crippen molar-refractivity contribution in [2.45, 2.75) is 27.7 Å². The molecule has 0 spiro atoms. The normalized spacial score (nSPS) is 18.1. The largest absolute Gasteiger partial charge is 0.318 e. The van der Waals surface area contributed by atoms with Gasteiger partial charge in [0.1, 0.15) is 5.84 Å². The molecule has 2 aromatic rings. The van der Waals surface area contributed by atoms with E-state index in [2.05, 4.69) is 34.7 Å². The van der Waals surface area contributed by atoms with Gasteiger partial charge in [-0.2, -0.15) is 4.99 Å². The number of benzene rings is 1. The molecular weight excluding hydrogens is 356 g/mol. The van der Waals surface area contributed by atoms with Gasteiger partial charge in [0, 0.05) is 22.8 Å². The predicted molar refractivity (Wildman–Crippen MR) is 111 cm³/mol. The first kappa shape index (κ1) is 17.5. The van der Waals surface area contributed by atoms with Gasteiger partial charge in [-0.05, 0) is 68.5 Å². The third-order valence-electron chi connectivity index (χ3n) is 4.82. The summed E-state index contributed by atoms with van der Waals surface area (Å²) in [4.78, 5) is 18.4. The zero-order chi connectivity index (χ0) is 19.3. The van der Waals surface area contributed by atoms with Gasteiger partial charge in [-0.3, -0.25) is 15.1 Å². The molecule has 136 valence electrons. The Balaban J connectivity index is 1.79. The van der Waals surface area contributed by atoms with Crippen LogP contribution in [0.25, 0.3) is 11.8 Å². The second-order valence-electron chi connectivity index (χ2n) is 6.82. The molecule has 5 nitrogen and oxygen atoms in total. The Morgan fingerprint density at radius 1 is 1.15 bits per heavy atom. The number of carbonyl (C=O) groups is 1. The Kier molecular flexibility index (Phi) is 4.15. The zero-order valence-corrected chi connectivity index (χ0v) is 16.5. The van der Waals surface area contributed by atoms with Crippen LogP contribution in [0.15, 0.2) is 52.0 Å². The molecule has 0 saturated heterocycles. The van der Waals surface area contributed by atoms with E-state index >= 15 is 0 Å². The smallest absolute Gasteiger partial charge is 0.283 e. The fraction of sp³-hybridized carbons (Fsp3) is 0.190. The summed E-state index contributed by atoms with van der Waals surface area (Å²) in [6.07, 6.45) is 1.79. The lowest BCUT2D eigenvalue weighted by molar-refractivity contribution is -0.114. The zero-order valence-electron chi connectivity index (χ0n) is 15.7. The van der Waals surface area contributed by atoms with E-state index in [1.807, 2.05) is 38.3 Å². The van der Waals surface area contributed by atoms with E-state index in [1.165, 1.54) is 17.3 Å². The topological polar surface area (TPSA) is 61.5 Å². The molecule has 0 unspecified atom stereocenters. The van der Waals surface area contributed by atoms with Gasteiger partial charge in [0.05, 0.1) is 5.57 Å². The number of aromatic nitrogens is 1. The van der Waals surface area contributed by atoms with Crippen LogP contribution in [0.5, 0.6) is 0 Å². The monoisotopic (exact) mass is 376 g/mol. The SMILES string of the molecule is CC1=CSC2=NC(=O)/C(=C\c3cc(C)n(-c4cccc(C)c4)c3C)C(=N)N12. The molecule has 0 saturated carbocycles. The molecule has 0 aliphatic carbocycles. The van der Waals surface area contributed by atoms with E-state index in [0.717, 1.165) is 28.3 Å². The van der Waals surface area contributed by atoms with Gasteiger partial charge in [-0.1, -0.05) is 23.9 Å². The summed E-state index contributed by atoms with van der Waals surface area (Å²) < 4.78 is 2.17. The van der Waals surface area contributed by atoms with Crippen molar-refractivity contribution in [3.63, 3.8) is 0 Å². The molecule has 4 rings (SSSR count). The van der Waals surface area contributed by atoms with Crippen LogP contribution in [0.4, 0.5) is 0 Å². The fourth-order valence-corrected chi connectivity index (χ4v) is 4.35. The molecule has 1 aromatic carbocycles. The number of allylic oxidation sites excluding steroid dienone is 1. The van der Waals surface area contributed by atoms with Gasteiger partial charge in [-0.25, -0.2) is 0 Å². The number of hydrogen-bond donors (Lipinski definition) is 1. The summed E-state index contributed by atoms with van der Waals surface area (Å²) in [5, 5.41) is 11.0. The number of nitrogens with zero attached hydrogens (tertiary/aromatic N) is 3. The molecule has 3 heterocycles. The van der Waals surface area contributed by atoms with E-state index < -0.39 is 0 Å². The van der Waals surface area contributed by atoms with Crippen molar-refractivity contribution in [2.24, 2.45) is 4.99 Å². The van der Waals surface area contributed by atoms with Crippen LogP contribution in [0, 0.1) is 26.2 Å². The van der Waals surface area contributed by atoms with E-state index in [9.17, 15) is 4.79 Å². The minimum absolute atomic E-state index is 0.184. The molecular formula is C21H20N4OS. The van der Waals surface area contributed by atoms with E-state index in [0.29, 0.717) is 10.7 Å². The number of amides is 1. The Morgan fingerprint density at radius 3 is 2.67 bits per heavy atom. The van der Waals surface area contributed by atoms with Gasteiger partial charge in [0.15, 0.2) is 5.17 Å². The first-order chi connectivity index (χ1) is 12.9. The highest BCUT2D eigenvalue weighted by atomic mass is 32.2. The summed E-state index contributed by atoms with van der Waals surface area (Å²) in [7, 11) is 0. The van der Waals surface area contributed by atoms with Crippen molar-refractivity contribution >= 4 is 34.7 Å². The van der Waals surface area contributed by atoms with E-state index in [4.69, 9.17) is 5.41 Å². The van der Waals surface area contributed by atoms with Crippen LogP contribution in [-0.4, -0.2) is 26.4 Å². The number of amidine groups is 2. The first-order valence-corrected chi connectivity index (χ1v) is 9.58. The van der Waals surface area contributed by atoms with Crippen LogP contribution >= 0.6 is 11.8 Å². The Hall–Kier alpha value is -2.86. The average molecular weight is 376 g/mol. The van der Waals surface area contributed by atoms with Gasteiger partial charge in [0.25, 0.3) is 5.91 Å². The van der Waals surface area contributed by atoms with Crippen molar-refractivity contribution in [1.29, 1.82) is 5.41 Å². The maximum absolute atomic E-state index is 12.5. The minimum atomic E-state index is -0.359. The van der Waals surface area contributed by atoms with Gasteiger partial charge >= 0.3 is 0 Å². The van der Waals surface area contributed by atoms with Crippen molar-refractivity contribution in [3.05, 3.63) is 69.5 Å². The summed E-state index contributed by atoms with van der Waals surface area (Å²) in [5.74, 6) is -0.175. The first-order valence-electron chi connectivity index (χ1n) is 8.70. The fourth-order valence-electron chi connectivity index (χ4n) is 3.50. The lowest BCUT2D eigenvalue weighted by Crippen LogP contribution is -2.37. The van der Waals surface area contributed by atoms with Crippen LogP contribution in [-0.2, 0) is 4.79 Å². The third kappa shape index (κ3) is 2.86. The maximum Gasteiger partial charge on any atom is 0.283 e. The molecule has 2 aliphatic rings. The summed E-state index contributed by atoms with van der Waals surface area (Å²) in [6, 6.07) is 10.4. The molecule has 1 aromatic heterocycles. The van der Waals surface area contributed by atoms with Crippen molar-refractivity contribution in [1.82, 2.24) is 9.47 Å². The summed E-state index contributed by atoms with van der Waals surface area (Å²) in [5.41, 5.74) is 6.55. The molecule has 27 heavy (non-hydrogen) atoms. The van der Waals surface area contributed by atoms with Crippen molar-refractivity contribution in [2.75, 3.05) is 0 Å². The average Bonchev–Trinajstić information content (AvgIpc) is 3.11. The molecule has 2 aliphatic heterocycles. The van der Waals surface area contributed by atoms with Crippen LogP contribution < -0.4 is 0 Å². The van der Waals surface area contributed by atoms with Gasteiger partial charge in [-0.15, -0.1) is 0 Å². The number of rotatable bonds is 2. The number of hydrogen-bond acceptors (Lipinski definition) is 3. The summed E-state index contributed by atoms with van der Waals surface area (Å²) >= 11 is 1.38. The van der Waals surface area contributed by atoms with Crippen molar-refractivity contribution in [3.8, 4) is 5.69 Å². The predicted octanol–water partition coefficient (Wildman–Crippen LogP) is 4.57. The second-order valence-corrected chi connectivity index (χ2v) is 7.66. The van der Waals surface area contributed by atoms with Crippen LogP contribution in [0.3, 0.4) is 0 Å². The molecule has 0 radical (unpaired) electrons. The number of fused-ring (bicyclic) bond motifs is 1. The number of nitrogens with one attached hydrogen (secondary N) is 1. The lowest BCUT2D eigenvalue weighted by atomic mass is 10.1. The quantitative estimate of drug-likeness (QED) is 0.781. The number of aryl methyl sites for hydroxylation is 2. The van der Waals surface area contributed by atoms with E-state index in [-0.39, 0.29) is 11.7 Å². The highest BCUT2D eigenvalue weighted by molar-refractivity contribution is 8.16. The molecule has 6 heteroatoms. The molecule has 1 amide bonds. The Morgan fingerprint density at radius 2 is 1.93 bits per heavy atom. The Bertz CT molecular complexity index is 1090. The van der Waals surface area contributed by atoms with Crippen LogP contribution in [0.2, 0.25) is 0 Å². The molecule has 0 bridgehead atoms. The van der Waals surface area contributed by atoms with Crippen LogP contribution in [0.1, 0.15) is 29.4 Å². The standard InChI is InChI=1S/C21H20N4OS/c1-12-6-5-7-17(8-12)24-13(2)9-16(15(24)4)10-18-19(22)25-14(3)11-27-21(25)23-20(18)26/h5-11,22H,1-4H3/b18-10-,22-19?. The minimum Gasteiger partial charge on any atom is -0.318 e. The highest BCUT2D eigenvalue weighted by Gasteiger charge is 2.34. The second kappa shape index (κ2) is 6.39. The molecule has 1 N–H and O–H groups in total. The third-order valence-corrected chi connectivity index (χ3v) is 5.76. The van der Waals surface area contributed by atoms with E-state index in [1.54, 1.807) is 11.0 Å². The highest BCUT2D eigenvalue weighted by Crippen LogP contribution is 2.32. The maximum atomic E-state index is 12.5. The molecule has 0 fully saturated rings. The lowest BCUT2D eigenvalue weighted by Gasteiger charge is -2.25. The van der Waals surface area contributed by atoms with Gasteiger partial charge in [0.2, 0.25) is 0 Å². The summed E-state index contributed by atoms with van der Waals surface area (Å²) in [6.45, 7) is 8.07. The van der Waals surface area contributed by atoms with Crippen molar-refractivity contribution < 1.29 is 4.79 Å². The number of thioether (sulfide) groups is 1. The number of carbonyl (C=O) groups excluding carboxylic acids is 1. The Labute approximate surface area is 162 Å².